The van der Waals surface area contributed by atoms with Gasteiger partial charge in [-0.05, 0) is 17.7 Å². The van der Waals surface area contributed by atoms with Gasteiger partial charge < -0.3 is 4.42 Å². The normalized spacial score (nSPS) is 10.7. The molecule has 0 fully saturated rings. The van der Waals surface area contributed by atoms with E-state index in [1.54, 1.807) is 6.26 Å². The molecule has 1 aromatic rings. The van der Waals surface area contributed by atoms with Crippen molar-refractivity contribution in [2.75, 3.05) is 0 Å². The van der Waals surface area contributed by atoms with Crippen molar-refractivity contribution in [3.05, 3.63) is 60.9 Å². The molecule has 0 aromatic heterocycles. The summed E-state index contributed by atoms with van der Waals surface area (Å²) in [5.74, 6) is 0.940. The van der Waals surface area contributed by atoms with Crippen LogP contribution in [-0.2, 0) is 0 Å². The number of benzene rings is 1. The van der Waals surface area contributed by atoms with Gasteiger partial charge in [-0.25, -0.2) is 0 Å². The van der Waals surface area contributed by atoms with Crippen molar-refractivity contribution in [3.63, 3.8) is 0 Å². The Morgan fingerprint density at radius 1 is 0.667 bits per heavy atom. The third kappa shape index (κ3) is 1.42. The van der Waals surface area contributed by atoms with Crippen LogP contribution in [0.1, 0.15) is 0 Å². The highest BCUT2D eigenvalue weighted by Gasteiger charge is 2.05. The Morgan fingerprint density at radius 2 is 1.47 bits per heavy atom. The predicted molar refractivity (Wildman–Crippen MR) is 60.8 cm³/mol. The summed E-state index contributed by atoms with van der Waals surface area (Å²) in [6.45, 7) is 0. The quantitative estimate of drug-likeness (QED) is 0.569. The molecule has 0 atom stereocenters. The predicted octanol–water partition coefficient (Wildman–Crippen LogP) is 4.05. The maximum atomic E-state index is 5.54. The van der Waals surface area contributed by atoms with Crippen LogP contribution in [0.3, 0.4) is 0 Å². The van der Waals surface area contributed by atoms with Gasteiger partial charge in [-0.2, -0.15) is 0 Å². The monoisotopic (exact) mass is 194 g/mol. The highest BCUT2D eigenvalue weighted by molar-refractivity contribution is 5.70. The standard InChI is InChI=1S/C14H10O/c1-2-5-11(6-3-1)13-9-12-7-4-8-14(12)15-10-13/h1-10H. The second-order valence-electron chi connectivity index (χ2n) is 3.55. The summed E-state index contributed by atoms with van der Waals surface area (Å²) >= 11 is 0. The minimum atomic E-state index is 0.940. The average Bonchev–Trinajstić information content (AvgIpc) is 2.77. The first-order chi connectivity index (χ1) is 7.43. The summed E-state index contributed by atoms with van der Waals surface area (Å²) in [6.07, 6.45) is 1.80. The number of hydrogen-bond acceptors (Lipinski definition) is 1. The fourth-order valence-corrected chi connectivity index (χ4v) is 1.75. The molecule has 1 aliphatic carbocycles. The lowest BCUT2D eigenvalue weighted by Crippen LogP contribution is -1.79. The van der Waals surface area contributed by atoms with Gasteiger partial charge in [0.25, 0.3) is 0 Å². The van der Waals surface area contributed by atoms with Gasteiger partial charge in [0, 0.05) is 11.1 Å². The van der Waals surface area contributed by atoms with Gasteiger partial charge >= 0.3 is 0 Å². The third-order valence-electron chi connectivity index (χ3n) is 2.54. The van der Waals surface area contributed by atoms with Crippen molar-refractivity contribution in [1.29, 1.82) is 0 Å². The maximum Gasteiger partial charge on any atom is 0.133 e. The molecule has 0 amide bonds. The molecular formula is C14H10O. The molecule has 0 saturated carbocycles. The fraction of sp³-hybridized carbons (Fsp3) is 0. The Morgan fingerprint density at radius 3 is 2.33 bits per heavy atom. The van der Waals surface area contributed by atoms with E-state index in [9.17, 15) is 0 Å². The molecule has 0 N–H and O–H groups in total. The zero-order valence-corrected chi connectivity index (χ0v) is 8.18. The summed E-state index contributed by atoms with van der Waals surface area (Å²) < 4.78 is 5.54. The average molecular weight is 194 g/mol. The molecule has 1 aliphatic heterocycles. The van der Waals surface area contributed by atoms with E-state index in [0.29, 0.717) is 0 Å². The van der Waals surface area contributed by atoms with E-state index in [0.717, 1.165) is 16.9 Å². The molecule has 1 heteroatoms. The number of hydrogen-bond donors (Lipinski definition) is 0. The van der Waals surface area contributed by atoms with E-state index in [1.807, 2.05) is 30.3 Å². The van der Waals surface area contributed by atoms with Crippen molar-refractivity contribution in [2.24, 2.45) is 0 Å². The van der Waals surface area contributed by atoms with Crippen LogP contribution in [0.15, 0.2) is 65.3 Å². The van der Waals surface area contributed by atoms with Crippen LogP contribution in [0.5, 0.6) is 0 Å². The van der Waals surface area contributed by atoms with Crippen molar-refractivity contribution < 1.29 is 4.42 Å². The van der Waals surface area contributed by atoms with Crippen LogP contribution >= 0.6 is 0 Å². The van der Waals surface area contributed by atoms with Crippen LogP contribution < -0.4 is 0 Å². The Bertz CT molecular complexity index is 536. The van der Waals surface area contributed by atoms with E-state index in [2.05, 4.69) is 24.3 Å². The Labute approximate surface area is 88.3 Å². The van der Waals surface area contributed by atoms with Gasteiger partial charge in [0.2, 0.25) is 0 Å². The largest absolute Gasteiger partial charge is 0.464 e. The zero-order valence-electron chi connectivity index (χ0n) is 8.18. The SMILES string of the molecule is c1ccc(-c2coc3cccc-3c2)cc1. The molecule has 0 unspecified atom stereocenters. The van der Waals surface area contributed by atoms with Crippen molar-refractivity contribution in [2.45, 2.75) is 0 Å². The Hall–Kier alpha value is -2.02. The summed E-state index contributed by atoms with van der Waals surface area (Å²) in [5, 5.41) is 0. The van der Waals surface area contributed by atoms with E-state index in [4.69, 9.17) is 4.42 Å². The van der Waals surface area contributed by atoms with Crippen LogP contribution in [-0.4, -0.2) is 0 Å². The van der Waals surface area contributed by atoms with Gasteiger partial charge in [0.1, 0.15) is 5.76 Å². The van der Waals surface area contributed by atoms with E-state index < -0.39 is 0 Å². The smallest absolute Gasteiger partial charge is 0.133 e. The lowest BCUT2D eigenvalue weighted by Gasteiger charge is -2.03. The molecule has 0 bridgehead atoms. The summed E-state index contributed by atoms with van der Waals surface area (Å²) in [6, 6.07) is 18.4. The van der Waals surface area contributed by atoms with Crippen LogP contribution in [0.25, 0.3) is 22.5 Å². The Kier molecular flexibility index (Phi) is 1.82. The molecule has 3 rings (SSSR count). The zero-order chi connectivity index (χ0) is 10.1. The molecule has 72 valence electrons. The second kappa shape index (κ2) is 3.28. The molecular weight excluding hydrogens is 184 g/mol. The maximum absolute atomic E-state index is 5.54. The van der Waals surface area contributed by atoms with Gasteiger partial charge in [0.15, 0.2) is 0 Å². The second-order valence-corrected chi connectivity index (χ2v) is 3.55. The lowest BCUT2D eigenvalue weighted by molar-refractivity contribution is 0.569. The van der Waals surface area contributed by atoms with Gasteiger partial charge in [-0.3, -0.25) is 0 Å². The van der Waals surface area contributed by atoms with E-state index in [1.165, 1.54) is 5.56 Å². The minimum Gasteiger partial charge on any atom is -0.464 e. The van der Waals surface area contributed by atoms with Gasteiger partial charge in [-0.15, -0.1) is 0 Å². The minimum absolute atomic E-state index is 0.940. The summed E-state index contributed by atoms with van der Waals surface area (Å²) in [4.78, 5) is 0. The fourth-order valence-electron chi connectivity index (χ4n) is 1.75. The molecule has 2 aliphatic rings. The van der Waals surface area contributed by atoms with Crippen molar-refractivity contribution in [3.8, 4) is 22.5 Å². The van der Waals surface area contributed by atoms with Crippen LogP contribution in [0.4, 0.5) is 0 Å². The van der Waals surface area contributed by atoms with Crippen LogP contribution in [0.2, 0.25) is 0 Å². The Balaban J connectivity index is 2.17. The first-order valence-corrected chi connectivity index (χ1v) is 4.96. The molecule has 0 radical (unpaired) electrons. The highest BCUT2D eigenvalue weighted by atomic mass is 16.3. The lowest BCUT2D eigenvalue weighted by atomic mass is 10.1. The van der Waals surface area contributed by atoms with Crippen LogP contribution in [0, 0.1) is 0 Å². The molecule has 15 heavy (non-hydrogen) atoms. The molecule has 1 aromatic carbocycles. The topological polar surface area (TPSA) is 13.1 Å². The first kappa shape index (κ1) is 8.30. The third-order valence-corrected chi connectivity index (χ3v) is 2.54. The first-order valence-electron chi connectivity index (χ1n) is 4.96. The summed E-state index contributed by atoms with van der Waals surface area (Å²) in [5.41, 5.74) is 3.45. The van der Waals surface area contributed by atoms with E-state index >= 15 is 0 Å². The number of rotatable bonds is 1. The van der Waals surface area contributed by atoms with Crippen molar-refractivity contribution in [1.82, 2.24) is 0 Å². The molecule has 1 heterocycles. The highest BCUT2D eigenvalue weighted by Crippen LogP contribution is 2.28. The van der Waals surface area contributed by atoms with Crippen molar-refractivity contribution >= 4 is 0 Å². The summed E-state index contributed by atoms with van der Waals surface area (Å²) in [7, 11) is 0. The number of fused-ring (bicyclic) bond motifs is 1. The molecule has 0 saturated heterocycles. The molecule has 0 spiro atoms. The van der Waals surface area contributed by atoms with Gasteiger partial charge in [0.05, 0.1) is 6.26 Å². The van der Waals surface area contributed by atoms with Gasteiger partial charge in [-0.1, -0.05) is 42.5 Å². The molecule has 1 nitrogen and oxygen atoms in total. The van der Waals surface area contributed by atoms with E-state index in [-0.39, 0.29) is 0 Å².